The van der Waals surface area contributed by atoms with Gasteiger partial charge in [-0.05, 0) is 43.5 Å². The summed E-state index contributed by atoms with van der Waals surface area (Å²) in [7, 11) is 0. The molecule has 0 unspecified atom stereocenters. The molecule has 18 heavy (non-hydrogen) atoms. The van der Waals surface area contributed by atoms with Crippen LogP contribution in [0, 0.1) is 6.92 Å². The minimum Gasteiger partial charge on any atom is -0.399 e. The van der Waals surface area contributed by atoms with E-state index in [1.807, 2.05) is 19.1 Å². The Labute approximate surface area is 110 Å². The molecular formula is C15H24N2O. The van der Waals surface area contributed by atoms with Gasteiger partial charge in [-0.15, -0.1) is 0 Å². The normalized spacial score (nSPS) is 16.7. The Kier molecular flexibility index (Phi) is 4.88. The van der Waals surface area contributed by atoms with Crippen molar-refractivity contribution in [3.05, 3.63) is 23.8 Å². The summed E-state index contributed by atoms with van der Waals surface area (Å²) in [4.78, 5) is 0. The van der Waals surface area contributed by atoms with Crippen molar-refractivity contribution in [2.24, 2.45) is 0 Å². The smallest absolute Gasteiger partial charge is 0.0642 e. The number of aryl methyl sites for hydroxylation is 1. The molecule has 3 N–H and O–H groups in total. The van der Waals surface area contributed by atoms with Crippen molar-refractivity contribution in [2.45, 2.75) is 45.1 Å². The second kappa shape index (κ2) is 6.64. The first-order chi connectivity index (χ1) is 8.75. The molecule has 1 fully saturated rings. The van der Waals surface area contributed by atoms with E-state index in [-0.39, 0.29) is 0 Å². The van der Waals surface area contributed by atoms with Crippen LogP contribution in [0.15, 0.2) is 18.2 Å². The van der Waals surface area contributed by atoms with Gasteiger partial charge in [0.05, 0.1) is 12.7 Å². The number of nitrogens with one attached hydrogen (secondary N) is 1. The SMILES string of the molecule is Cc1cc(NCCOC2CCCCC2)ccc1N. The number of hydrogen-bond acceptors (Lipinski definition) is 3. The minimum atomic E-state index is 0.494. The van der Waals surface area contributed by atoms with Gasteiger partial charge in [0.1, 0.15) is 0 Å². The molecule has 1 saturated carbocycles. The van der Waals surface area contributed by atoms with Crippen LogP contribution in [0.1, 0.15) is 37.7 Å². The van der Waals surface area contributed by atoms with Crippen molar-refractivity contribution in [3.8, 4) is 0 Å². The highest BCUT2D eigenvalue weighted by Gasteiger charge is 2.12. The lowest BCUT2D eigenvalue weighted by molar-refractivity contribution is 0.0347. The average Bonchev–Trinajstić information content (AvgIpc) is 2.40. The fourth-order valence-corrected chi connectivity index (χ4v) is 2.44. The van der Waals surface area contributed by atoms with Crippen molar-refractivity contribution in [2.75, 3.05) is 24.2 Å². The summed E-state index contributed by atoms with van der Waals surface area (Å²) in [5.74, 6) is 0. The van der Waals surface area contributed by atoms with Crippen molar-refractivity contribution >= 4 is 11.4 Å². The largest absolute Gasteiger partial charge is 0.399 e. The second-order valence-electron chi connectivity index (χ2n) is 5.13. The van der Waals surface area contributed by atoms with E-state index in [1.165, 1.54) is 32.1 Å². The first kappa shape index (κ1) is 13.2. The number of hydrogen-bond donors (Lipinski definition) is 2. The van der Waals surface area contributed by atoms with Gasteiger partial charge in [0.2, 0.25) is 0 Å². The van der Waals surface area contributed by atoms with E-state index < -0.39 is 0 Å². The molecule has 0 heterocycles. The zero-order chi connectivity index (χ0) is 12.8. The van der Waals surface area contributed by atoms with Gasteiger partial charge in [-0.3, -0.25) is 0 Å². The molecule has 0 bridgehead atoms. The molecule has 0 aliphatic heterocycles. The summed E-state index contributed by atoms with van der Waals surface area (Å²) in [6, 6.07) is 6.04. The summed E-state index contributed by atoms with van der Waals surface area (Å²) < 4.78 is 5.87. The summed E-state index contributed by atoms with van der Waals surface area (Å²) >= 11 is 0. The van der Waals surface area contributed by atoms with E-state index in [0.29, 0.717) is 6.10 Å². The van der Waals surface area contributed by atoms with Gasteiger partial charge >= 0.3 is 0 Å². The van der Waals surface area contributed by atoms with E-state index in [2.05, 4.69) is 11.4 Å². The van der Waals surface area contributed by atoms with Crippen LogP contribution in [0.3, 0.4) is 0 Å². The topological polar surface area (TPSA) is 47.3 Å². The van der Waals surface area contributed by atoms with E-state index in [4.69, 9.17) is 10.5 Å². The lowest BCUT2D eigenvalue weighted by atomic mass is 9.98. The molecule has 0 radical (unpaired) electrons. The van der Waals surface area contributed by atoms with Gasteiger partial charge in [-0.25, -0.2) is 0 Å². The highest BCUT2D eigenvalue weighted by atomic mass is 16.5. The molecule has 0 amide bonds. The van der Waals surface area contributed by atoms with Crippen molar-refractivity contribution in [1.82, 2.24) is 0 Å². The van der Waals surface area contributed by atoms with Gasteiger partial charge in [-0.1, -0.05) is 19.3 Å². The maximum absolute atomic E-state index is 5.87. The highest BCUT2D eigenvalue weighted by Crippen LogP contribution is 2.20. The summed E-state index contributed by atoms with van der Waals surface area (Å²) in [5, 5.41) is 3.37. The molecule has 3 nitrogen and oxygen atoms in total. The fraction of sp³-hybridized carbons (Fsp3) is 0.600. The Morgan fingerprint density at radius 3 is 2.78 bits per heavy atom. The van der Waals surface area contributed by atoms with Crippen LogP contribution in [-0.4, -0.2) is 19.3 Å². The second-order valence-corrected chi connectivity index (χ2v) is 5.13. The van der Waals surface area contributed by atoms with Gasteiger partial charge in [0.25, 0.3) is 0 Å². The van der Waals surface area contributed by atoms with Crippen LogP contribution in [0.4, 0.5) is 11.4 Å². The first-order valence-electron chi connectivity index (χ1n) is 6.97. The van der Waals surface area contributed by atoms with Crippen molar-refractivity contribution in [1.29, 1.82) is 0 Å². The van der Waals surface area contributed by atoms with E-state index in [9.17, 15) is 0 Å². The van der Waals surface area contributed by atoms with Crippen LogP contribution < -0.4 is 11.1 Å². The lowest BCUT2D eigenvalue weighted by Gasteiger charge is -2.22. The molecule has 1 aromatic rings. The Balaban J connectivity index is 1.66. The van der Waals surface area contributed by atoms with Gasteiger partial charge in [0.15, 0.2) is 0 Å². The molecule has 2 rings (SSSR count). The number of nitrogen functional groups attached to an aromatic ring is 1. The first-order valence-corrected chi connectivity index (χ1v) is 6.97. The van der Waals surface area contributed by atoms with Crippen LogP contribution in [0.2, 0.25) is 0 Å². The molecule has 1 aromatic carbocycles. The summed E-state index contributed by atoms with van der Waals surface area (Å²) in [5.41, 5.74) is 8.87. The van der Waals surface area contributed by atoms with E-state index >= 15 is 0 Å². The molecular weight excluding hydrogens is 224 g/mol. The molecule has 0 spiro atoms. The van der Waals surface area contributed by atoms with Gasteiger partial charge < -0.3 is 15.8 Å². The number of nitrogens with two attached hydrogens (primary N) is 1. The predicted molar refractivity (Wildman–Crippen MR) is 76.9 cm³/mol. The number of rotatable bonds is 5. The molecule has 100 valence electrons. The van der Waals surface area contributed by atoms with Gasteiger partial charge in [-0.2, -0.15) is 0 Å². The van der Waals surface area contributed by atoms with Gasteiger partial charge in [0, 0.05) is 17.9 Å². The molecule has 1 aliphatic rings. The maximum atomic E-state index is 5.87. The van der Waals surface area contributed by atoms with Crippen LogP contribution >= 0.6 is 0 Å². The zero-order valence-electron chi connectivity index (χ0n) is 11.2. The average molecular weight is 248 g/mol. The standard InChI is InChI=1S/C15H24N2O/c1-12-11-13(7-8-15(12)16)17-9-10-18-14-5-3-2-4-6-14/h7-8,11,14,17H,2-6,9-10,16H2,1H3. The quantitative estimate of drug-likeness (QED) is 0.620. The third-order valence-corrected chi connectivity index (χ3v) is 3.61. The Morgan fingerprint density at radius 1 is 1.28 bits per heavy atom. The maximum Gasteiger partial charge on any atom is 0.0642 e. The number of anilines is 2. The molecule has 1 aliphatic carbocycles. The predicted octanol–water partition coefficient (Wildman–Crippen LogP) is 3.34. The third kappa shape index (κ3) is 3.91. The lowest BCUT2D eigenvalue weighted by Crippen LogP contribution is -2.20. The molecule has 0 aromatic heterocycles. The molecule has 0 saturated heterocycles. The van der Waals surface area contributed by atoms with Crippen LogP contribution in [0.25, 0.3) is 0 Å². The monoisotopic (exact) mass is 248 g/mol. The van der Waals surface area contributed by atoms with E-state index in [1.54, 1.807) is 0 Å². The highest BCUT2D eigenvalue weighted by molar-refractivity contribution is 5.56. The summed E-state index contributed by atoms with van der Waals surface area (Å²) in [6.07, 6.45) is 7.00. The molecule has 0 atom stereocenters. The van der Waals surface area contributed by atoms with Crippen LogP contribution in [0.5, 0.6) is 0 Å². The van der Waals surface area contributed by atoms with Crippen molar-refractivity contribution in [3.63, 3.8) is 0 Å². The fourth-order valence-electron chi connectivity index (χ4n) is 2.44. The number of ether oxygens (including phenoxy) is 1. The van der Waals surface area contributed by atoms with Crippen molar-refractivity contribution < 1.29 is 4.74 Å². The zero-order valence-corrected chi connectivity index (χ0v) is 11.2. The Hall–Kier alpha value is -1.22. The molecule has 3 heteroatoms. The Bertz CT molecular complexity index is 373. The van der Waals surface area contributed by atoms with E-state index in [0.717, 1.165) is 30.1 Å². The Morgan fingerprint density at radius 2 is 2.06 bits per heavy atom. The summed E-state index contributed by atoms with van der Waals surface area (Å²) in [6.45, 7) is 3.67. The minimum absolute atomic E-state index is 0.494. The number of benzene rings is 1. The third-order valence-electron chi connectivity index (χ3n) is 3.61. The van der Waals surface area contributed by atoms with Crippen LogP contribution in [-0.2, 0) is 4.74 Å².